The molecule has 1 aromatic carbocycles. The molecule has 0 heterocycles. The fraction of sp³-hybridized carbons (Fsp3) is 0.222. The molecular formula is C9H9N3O2. The van der Waals surface area contributed by atoms with Gasteiger partial charge in [-0.3, -0.25) is 10.1 Å². The average Bonchev–Trinajstić information content (AvgIpc) is 2.16. The van der Waals surface area contributed by atoms with Crippen molar-refractivity contribution in [2.24, 2.45) is 0 Å². The Morgan fingerprint density at radius 3 is 2.86 bits per heavy atom. The first-order chi connectivity index (χ1) is 6.65. The fourth-order valence-corrected chi connectivity index (χ4v) is 1.10. The largest absolute Gasteiger partial charge is 0.393 e. The second kappa shape index (κ2) is 4.23. The number of nitriles is 1. The number of anilines is 1. The van der Waals surface area contributed by atoms with Crippen molar-refractivity contribution in [3.63, 3.8) is 0 Å². The predicted octanol–water partition coefficient (Wildman–Crippen LogP) is 1.63. The van der Waals surface area contributed by atoms with Gasteiger partial charge >= 0.3 is 0 Å². The van der Waals surface area contributed by atoms with Crippen LogP contribution in [0.3, 0.4) is 0 Å². The monoisotopic (exact) mass is 191 g/mol. The smallest absolute Gasteiger partial charge is 0.292 e. The molecule has 0 aliphatic rings. The minimum absolute atomic E-state index is 0.0968. The summed E-state index contributed by atoms with van der Waals surface area (Å²) in [5.41, 5.74) is 6.22. The van der Waals surface area contributed by atoms with Gasteiger partial charge in [-0.15, -0.1) is 0 Å². The molecule has 0 bridgehead atoms. The molecule has 72 valence electrons. The molecule has 14 heavy (non-hydrogen) atoms. The topological polar surface area (TPSA) is 93.0 Å². The van der Waals surface area contributed by atoms with Crippen LogP contribution in [0.5, 0.6) is 0 Å². The summed E-state index contributed by atoms with van der Waals surface area (Å²) in [6, 6.07) is 6.57. The number of rotatable bonds is 3. The van der Waals surface area contributed by atoms with Crippen molar-refractivity contribution in [3.05, 3.63) is 33.9 Å². The van der Waals surface area contributed by atoms with E-state index in [2.05, 4.69) is 0 Å². The van der Waals surface area contributed by atoms with Crippen LogP contribution in [0.2, 0.25) is 0 Å². The van der Waals surface area contributed by atoms with E-state index in [1.165, 1.54) is 12.1 Å². The zero-order chi connectivity index (χ0) is 10.6. The van der Waals surface area contributed by atoms with Crippen molar-refractivity contribution < 1.29 is 4.92 Å². The van der Waals surface area contributed by atoms with Gasteiger partial charge in [0, 0.05) is 12.5 Å². The number of hydrogen-bond acceptors (Lipinski definition) is 4. The number of nitrogens with zero attached hydrogens (tertiary/aromatic N) is 2. The Balaban J connectivity index is 2.96. The van der Waals surface area contributed by atoms with Gasteiger partial charge < -0.3 is 5.73 Å². The molecule has 5 heteroatoms. The molecule has 0 aliphatic heterocycles. The minimum atomic E-state index is -0.523. The lowest BCUT2D eigenvalue weighted by Gasteiger charge is -2.00. The number of benzene rings is 1. The van der Waals surface area contributed by atoms with E-state index in [0.29, 0.717) is 12.8 Å². The molecule has 0 amide bonds. The van der Waals surface area contributed by atoms with Gasteiger partial charge in [-0.1, -0.05) is 6.07 Å². The van der Waals surface area contributed by atoms with Gasteiger partial charge in [0.05, 0.1) is 11.0 Å². The molecule has 0 saturated heterocycles. The fourth-order valence-electron chi connectivity index (χ4n) is 1.10. The average molecular weight is 191 g/mol. The third-order valence-electron chi connectivity index (χ3n) is 1.82. The first-order valence-electron chi connectivity index (χ1n) is 4.05. The summed E-state index contributed by atoms with van der Waals surface area (Å²) < 4.78 is 0. The van der Waals surface area contributed by atoms with Crippen LogP contribution < -0.4 is 5.73 Å². The van der Waals surface area contributed by atoms with Crippen LogP contribution in [-0.4, -0.2) is 4.92 Å². The summed E-state index contributed by atoms with van der Waals surface area (Å²) in [4.78, 5) is 9.99. The van der Waals surface area contributed by atoms with E-state index in [-0.39, 0.29) is 11.4 Å². The van der Waals surface area contributed by atoms with E-state index in [1.807, 2.05) is 6.07 Å². The number of nitrogens with two attached hydrogens (primary N) is 1. The third-order valence-corrected chi connectivity index (χ3v) is 1.82. The summed E-state index contributed by atoms with van der Waals surface area (Å²) in [5.74, 6) is 0. The van der Waals surface area contributed by atoms with Crippen LogP contribution >= 0.6 is 0 Å². The highest BCUT2D eigenvalue weighted by Crippen LogP contribution is 2.22. The number of nitro groups is 1. The highest BCUT2D eigenvalue weighted by molar-refractivity contribution is 5.59. The lowest BCUT2D eigenvalue weighted by Crippen LogP contribution is -1.96. The first kappa shape index (κ1) is 9.99. The van der Waals surface area contributed by atoms with Crippen LogP contribution in [0.4, 0.5) is 11.4 Å². The lowest BCUT2D eigenvalue weighted by atomic mass is 10.1. The second-order valence-electron chi connectivity index (χ2n) is 2.81. The van der Waals surface area contributed by atoms with Gasteiger partial charge in [0.2, 0.25) is 0 Å². The molecule has 0 spiro atoms. The summed E-state index contributed by atoms with van der Waals surface area (Å²) in [6.07, 6.45) is 0.860. The molecular weight excluding hydrogens is 182 g/mol. The summed E-state index contributed by atoms with van der Waals surface area (Å²) >= 11 is 0. The predicted molar refractivity (Wildman–Crippen MR) is 51.4 cm³/mol. The molecule has 0 radical (unpaired) electrons. The van der Waals surface area contributed by atoms with Gasteiger partial charge in [0.15, 0.2) is 0 Å². The minimum Gasteiger partial charge on any atom is -0.393 e. The maximum Gasteiger partial charge on any atom is 0.292 e. The van der Waals surface area contributed by atoms with Gasteiger partial charge in [-0.05, 0) is 18.1 Å². The van der Waals surface area contributed by atoms with Crippen molar-refractivity contribution >= 4 is 11.4 Å². The Labute approximate surface area is 80.9 Å². The standard InChI is InChI=1S/C9H9N3O2/c10-5-1-2-7-3-4-8(11)9(6-7)12(13)14/h3-4,6H,1-2,11H2. The maximum atomic E-state index is 10.5. The van der Waals surface area contributed by atoms with Crippen LogP contribution in [0.25, 0.3) is 0 Å². The van der Waals surface area contributed by atoms with Crippen LogP contribution in [-0.2, 0) is 6.42 Å². The Bertz CT molecular complexity index is 396. The van der Waals surface area contributed by atoms with Gasteiger partial charge in [-0.2, -0.15) is 5.26 Å². The quantitative estimate of drug-likeness (QED) is 0.446. The van der Waals surface area contributed by atoms with E-state index in [4.69, 9.17) is 11.0 Å². The van der Waals surface area contributed by atoms with Crippen LogP contribution in [0, 0.1) is 21.4 Å². The summed E-state index contributed by atoms with van der Waals surface area (Å²) in [7, 11) is 0. The SMILES string of the molecule is N#CCCc1ccc(N)c([N+](=O)[O-])c1. The molecule has 5 nitrogen and oxygen atoms in total. The van der Waals surface area contributed by atoms with Crippen molar-refractivity contribution in [2.45, 2.75) is 12.8 Å². The molecule has 1 aromatic rings. The molecule has 0 aromatic heterocycles. The Morgan fingerprint density at radius 2 is 2.29 bits per heavy atom. The molecule has 0 fully saturated rings. The molecule has 1 rings (SSSR count). The molecule has 2 N–H and O–H groups in total. The van der Waals surface area contributed by atoms with E-state index in [9.17, 15) is 10.1 Å². The zero-order valence-electron chi connectivity index (χ0n) is 7.43. The molecule has 0 atom stereocenters. The van der Waals surface area contributed by atoms with Crippen molar-refractivity contribution in [1.29, 1.82) is 5.26 Å². The van der Waals surface area contributed by atoms with Gasteiger partial charge in [-0.25, -0.2) is 0 Å². The molecule has 0 saturated carbocycles. The highest BCUT2D eigenvalue weighted by atomic mass is 16.6. The highest BCUT2D eigenvalue weighted by Gasteiger charge is 2.11. The van der Waals surface area contributed by atoms with E-state index in [0.717, 1.165) is 5.56 Å². The molecule has 0 aliphatic carbocycles. The Kier molecular flexibility index (Phi) is 3.02. The second-order valence-corrected chi connectivity index (χ2v) is 2.81. The van der Waals surface area contributed by atoms with E-state index >= 15 is 0 Å². The van der Waals surface area contributed by atoms with E-state index in [1.54, 1.807) is 6.07 Å². The normalized spacial score (nSPS) is 9.36. The number of hydrogen-bond donors (Lipinski definition) is 1. The van der Waals surface area contributed by atoms with Crippen molar-refractivity contribution in [1.82, 2.24) is 0 Å². The van der Waals surface area contributed by atoms with Crippen molar-refractivity contribution in [3.8, 4) is 6.07 Å². The number of aryl methyl sites for hydroxylation is 1. The Hall–Kier alpha value is -2.09. The van der Waals surface area contributed by atoms with Crippen LogP contribution in [0.15, 0.2) is 18.2 Å². The zero-order valence-corrected chi connectivity index (χ0v) is 7.43. The number of nitro benzene ring substituents is 1. The first-order valence-corrected chi connectivity index (χ1v) is 4.05. The van der Waals surface area contributed by atoms with E-state index < -0.39 is 4.92 Å². The van der Waals surface area contributed by atoms with Gasteiger partial charge in [0.1, 0.15) is 5.69 Å². The summed E-state index contributed by atoms with van der Waals surface area (Å²) in [5, 5.41) is 18.9. The van der Waals surface area contributed by atoms with Gasteiger partial charge in [0.25, 0.3) is 5.69 Å². The molecule has 0 unspecified atom stereocenters. The lowest BCUT2D eigenvalue weighted by molar-refractivity contribution is -0.384. The Morgan fingerprint density at radius 1 is 1.57 bits per heavy atom. The summed E-state index contributed by atoms with van der Waals surface area (Å²) in [6.45, 7) is 0. The maximum absolute atomic E-state index is 10.5. The van der Waals surface area contributed by atoms with Crippen LogP contribution in [0.1, 0.15) is 12.0 Å². The number of nitrogen functional groups attached to an aromatic ring is 1. The third kappa shape index (κ3) is 2.20. The van der Waals surface area contributed by atoms with Crippen molar-refractivity contribution in [2.75, 3.05) is 5.73 Å².